The molecule has 1 aromatic heterocycles. The number of rotatable bonds is 9. The average molecular weight is 417 g/mol. The Hall–Kier alpha value is -2.81. The molecule has 3 aromatic rings. The lowest BCUT2D eigenvalue weighted by atomic mass is 9.89. The second-order valence-electron chi connectivity index (χ2n) is 8.44. The molecule has 3 nitrogen and oxygen atoms in total. The smallest absolute Gasteiger partial charge is 0.339 e. The van der Waals surface area contributed by atoms with Crippen molar-refractivity contribution in [1.29, 1.82) is 0 Å². The van der Waals surface area contributed by atoms with Gasteiger partial charge < -0.3 is 9.15 Å². The second-order valence-corrected chi connectivity index (χ2v) is 8.44. The molecule has 0 atom stereocenters. The Morgan fingerprint density at radius 1 is 1.00 bits per heavy atom. The first-order valence-corrected chi connectivity index (χ1v) is 11.7. The lowest BCUT2D eigenvalue weighted by Gasteiger charge is -2.18. The van der Waals surface area contributed by atoms with Crippen molar-refractivity contribution in [1.82, 2.24) is 0 Å². The van der Waals surface area contributed by atoms with Gasteiger partial charge >= 0.3 is 5.63 Å². The monoisotopic (exact) mass is 416 g/mol. The van der Waals surface area contributed by atoms with E-state index in [0.29, 0.717) is 12.2 Å². The summed E-state index contributed by atoms with van der Waals surface area (Å²) in [4.78, 5) is 12.5. The van der Waals surface area contributed by atoms with Crippen LogP contribution in [0, 0.1) is 0 Å². The van der Waals surface area contributed by atoms with E-state index in [1.54, 1.807) is 0 Å². The third-order valence-corrected chi connectivity index (χ3v) is 6.15. The van der Waals surface area contributed by atoms with Gasteiger partial charge in [-0.1, -0.05) is 62.6 Å². The van der Waals surface area contributed by atoms with E-state index in [4.69, 9.17) is 9.15 Å². The summed E-state index contributed by atoms with van der Waals surface area (Å²) < 4.78 is 11.9. The third-order valence-electron chi connectivity index (χ3n) is 6.15. The van der Waals surface area contributed by atoms with Crippen LogP contribution in [0.2, 0.25) is 0 Å². The van der Waals surface area contributed by atoms with E-state index in [2.05, 4.69) is 31.2 Å². The fraction of sp³-hybridized carbons (Fsp3) is 0.393. The van der Waals surface area contributed by atoms with Gasteiger partial charge in [0.25, 0.3) is 0 Å². The fourth-order valence-electron chi connectivity index (χ4n) is 4.47. The van der Waals surface area contributed by atoms with Crippen LogP contribution in [0.25, 0.3) is 17.0 Å². The topological polar surface area (TPSA) is 39.4 Å². The Labute approximate surface area is 184 Å². The molecule has 0 fully saturated rings. The minimum Gasteiger partial charge on any atom is -0.489 e. The first-order valence-electron chi connectivity index (χ1n) is 11.7. The molecule has 1 heterocycles. The molecule has 0 unspecified atom stereocenters. The molecule has 3 heteroatoms. The zero-order valence-electron chi connectivity index (χ0n) is 18.5. The van der Waals surface area contributed by atoms with Crippen molar-refractivity contribution in [2.24, 2.45) is 0 Å². The number of hydrogen-bond acceptors (Lipinski definition) is 3. The Morgan fingerprint density at radius 2 is 1.81 bits per heavy atom. The highest BCUT2D eigenvalue weighted by atomic mass is 16.5. The lowest BCUT2D eigenvalue weighted by Crippen LogP contribution is -2.16. The quantitative estimate of drug-likeness (QED) is 0.282. The van der Waals surface area contributed by atoms with Crippen LogP contribution < -0.4 is 10.4 Å². The van der Waals surface area contributed by atoms with Crippen molar-refractivity contribution >= 4 is 17.0 Å². The van der Waals surface area contributed by atoms with Gasteiger partial charge in [0.1, 0.15) is 17.9 Å². The largest absolute Gasteiger partial charge is 0.489 e. The Kier molecular flexibility index (Phi) is 7.24. The van der Waals surface area contributed by atoms with Crippen molar-refractivity contribution in [2.75, 3.05) is 6.61 Å². The highest BCUT2D eigenvalue weighted by Crippen LogP contribution is 2.32. The molecule has 162 valence electrons. The summed E-state index contributed by atoms with van der Waals surface area (Å²) >= 11 is 0. The number of aryl methyl sites for hydroxylation is 2. The van der Waals surface area contributed by atoms with Crippen LogP contribution in [0.5, 0.6) is 5.75 Å². The summed E-state index contributed by atoms with van der Waals surface area (Å²) in [6, 6.07) is 14.4. The maximum Gasteiger partial charge on any atom is 0.339 e. The summed E-state index contributed by atoms with van der Waals surface area (Å²) in [5, 5.41) is 1.10. The number of hydrogen-bond donors (Lipinski definition) is 0. The van der Waals surface area contributed by atoms with Crippen LogP contribution in [-0.4, -0.2) is 6.61 Å². The molecule has 1 aliphatic rings. The van der Waals surface area contributed by atoms with Gasteiger partial charge in [-0.15, -0.1) is 0 Å². The minimum atomic E-state index is -0.173. The van der Waals surface area contributed by atoms with E-state index in [-0.39, 0.29) is 5.63 Å². The van der Waals surface area contributed by atoms with Crippen LogP contribution in [-0.2, 0) is 19.3 Å². The van der Waals surface area contributed by atoms with E-state index in [0.717, 1.165) is 60.8 Å². The van der Waals surface area contributed by atoms with Gasteiger partial charge in [-0.2, -0.15) is 0 Å². The van der Waals surface area contributed by atoms with Gasteiger partial charge in [-0.05, 0) is 67.4 Å². The van der Waals surface area contributed by atoms with E-state index in [9.17, 15) is 4.79 Å². The maximum atomic E-state index is 12.5. The van der Waals surface area contributed by atoms with Crippen molar-refractivity contribution < 1.29 is 9.15 Å². The van der Waals surface area contributed by atoms with E-state index < -0.39 is 0 Å². The molecule has 0 saturated heterocycles. The van der Waals surface area contributed by atoms with Crippen LogP contribution in [0.15, 0.2) is 57.8 Å². The normalized spacial score (nSPS) is 13.6. The van der Waals surface area contributed by atoms with E-state index in [1.165, 1.54) is 30.4 Å². The van der Waals surface area contributed by atoms with Crippen molar-refractivity contribution in [2.45, 2.75) is 64.7 Å². The molecule has 0 amide bonds. The molecule has 1 aliphatic carbocycles. The van der Waals surface area contributed by atoms with Gasteiger partial charge in [0.05, 0.1) is 0 Å². The minimum absolute atomic E-state index is 0.173. The number of fused-ring (bicyclic) bond motifs is 3. The molecule has 0 radical (unpaired) electrons. The van der Waals surface area contributed by atoms with Gasteiger partial charge in [-0.3, -0.25) is 0 Å². The van der Waals surface area contributed by atoms with Crippen LogP contribution in [0.4, 0.5) is 0 Å². The number of ether oxygens (including phenoxy) is 1. The Bertz CT molecular complexity index is 1090. The van der Waals surface area contributed by atoms with Crippen LogP contribution >= 0.6 is 0 Å². The summed E-state index contributed by atoms with van der Waals surface area (Å²) in [5.41, 5.74) is 4.94. The molecule has 0 aliphatic heterocycles. The SMILES string of the molecule is CCCCCCc1cc2c3c(c(=O)oc2cc1OCC=Cc1ccccc1)CCCC3. The Balaban J connectivity index is 1.61. The molecule has 0 saturated carbocycles. The molecule has 0 spiro atoms. The van der Waals surface area contributed by atoms with Crippen molar-refractivity contribution in [3.8, 4) is 5.75 Å². The van der Waals surface area contributed by atoms with Gasteiger partial charge in [0.2, 0.25) is 0 Å². The number of unbranched alkanes of at least 4 members (excludes halogenated alkanes) is 3. The zero-order valence-corrected chi connectivity index (χ0v) is 18.5. The molecule has 31 heavy (non-hydrogen) atoms. The lowest BCUT2D eigenvalue weighted by molar-refractivity contribution is 0.358. The predicted molar refractivity (Wildman–Crippen MR) is 128 cm³/mol. The summed E-state index contributed by atoms with van der Waals surface area (Å²) in [5.74, 6) is 0.834. The van der Waals surface area contributed by atoms with Gasteiger partial charge in [0, 0.05) is 17.0 Å². The highest BCUT2D eigenvalue weighted by molar-refractivity contribution is 5.84. The number of benzene rings is 2. The molecule has 0 N–H and O–H groups in total. The average Bonchev–Trinajstić information content (AvgIpc) is 2.81. The third kappa shape index (κ3) is 5.28. The van der Waals surface area contributed by atoms with Gasteiger partial charge in [-0.25, -0.2) is 4.79 Å². The van der Waals surface area contributed by atoms with Crippen LogP contribution in [0.3, 0.4) is 0 Å². The molecule has 2 aromatic carbocycles. The first-order chi connectivity index (χ1) is 15.3. The van der Waals surface area contributed by atoms with E-state index >= 15 is 0 Å². The molecular weight excluding hydrogens is 384 g/mol. The molecule has 0 bridgehead atoms. The Morgan fingerprint density at radius 3 is 2.61 bits per heavy atom. The van der Waals surface area contributed by atoms with Crippen LogP contribution in [0.1, 0.15) is 67.7 Å². The standard InChI is InChI=1S/C28H32O3/c1-2-3-4-8-15-22-19-25-23-16-9-10-17-24(23)28(29)31-27(25)20-26(22)30-18-11-14-21-12-6-5-7-13-21/h5-7,11-14,19-20H,2-4,8-10,15-18H2,1H3. The van der Waals surface area contributed by atoms with Gasteiger partial charge in [0.15, 0.2) is 0 Å². The predicted octanol–water partition coefficient (Wildman–Crippen LogP) is 6.89. The summed E-state index contributed by atoms with van der Waals surface area (Å²) in [7, 11) is 0. The first kappa shape index (κ1) is 21.4. The zero-order chi connectivity index (χ0) is 21.5. The summed E-state index contributed by atoms with van der Waals surface area (Å²) in [6.07, 6.45) is 14.0. The molecule has 4 rings (SSSR count). The second kappa shape index (κ2) is 10.5. The summed E-state index contributed by atoms with van der Waals surface area (Å²) in [6.45, 7) is 2.72. The highest BCUT2D eigenvalue weighted by Gasteiger charge is 2.19. The van der Waals surface area contributed by atoms with Crippen molar-refractivity contribution in [3.05, 3.63) is 81.2 Å². The maximum absolute atomic E-state index is 12.5. The fourth-order valence-corrected chi connectivity index (χ4v) is 4.47. The van der Waals surface area contributed by atoms with Crippen molar-refractivity contribution in [3.63, 3.8) is 0 Å². The molecular formula is C28H32O3. The van der Waals surface area contributed by atoms with E-state index in [1.807, 2.05) is 30.3 Å².